The van der Waals surface area contributed by atoms with Crippen molar-refractivity contribution >= 4 is 40.1 Å². The summed E-state index contributed by atoms with van der Waals surface area (Å²) in [6.07, 6.45) is 3.94. The maximum absolute atomic E-state index is 6.55. The number of para-hydroxylation sites is 1. The molecule has 0 N–H and O–H groups in total. The molecule has 0 amide bonds. The highest BCUT2D eigenvalue weighted by Gasteiger charge is 2.24. The third kappa shape index (κ3) is 3.42. The van der Waals surface area contributed by atoms with Crippen molar-refractivity contribution in [3.8, 4) is 16.9 Å². The summed E-state index contributed by atoms with van der Waals surface area (Å²) in [6.45, 7) is 4.25. The number of nitrogens with zero attached hydrogens (tertiary/aromatic N) is 5. The van der Waals surface area contributed by atoms with E-state index in [4.69, 9.17) is 28.3 Å². The van der Waals surface area contributed by atoms with Gasteiger partial charge in [-0.2, -0.15) is 5.10 Å². The summed E-state index contributed by atoms with van der Waals surface area (Å²) < 4.78 is 1.88. The predicted molar refractivity (Wildman–Crippen MR) is 123 cm³/mol. The van der Waals surface area contributed by atoms with Crippen molar-refractivity contribution in [3.05, 3.63) is 64.9 Å². The second kappa shape index (κ2) is 7.89. The second-order valence-electron chi connectivity index (χ2n) is 7.78. The van der Waals surface area contributed by atoms with Crippen LogP contribution in [-0.2, 0) is 0 Å². The standard InChI is InChI=1S/C23H21Cl2N5/c1-15-10-12-29(13-11-15)23-21-20(26-14-27-23)22(16-6-8-17(24)9-7-16)30(28-21)19-5-3-2-4-18(19)25/h2-9,14-15H,10-13H2,1H3. The molecule has 2 aromatic carbocycles. The van der Waals surface area contributed by atoms with Crippen LogP contribution in [0.3, 0.4) is 0 Å². The first-order valence-electron chi connectivity index (χ1n) is 10.1. The van der Waals surface area contributed by atoms with Gasteiger partial charge in [0.25, 0.3) is 0 Å². The van der Waals surface area contributed by atoms with Gasteiger partial charge in [-0.25, -0.2) is 14.6 Å². The summed E-state index contributed by atoms with van der Waals surface area (Å²) in [4.78, 5) is 11.6. The fourth-order valence-corrected chi connectivity index (χ4v) is 4.34. The molecule has 0 radical (unpaired) electrons. The van der Waals surface area contributed by atoms with Crippen molar-refractivity contribution in [1.82, 2.24) is 19.7 Å². The van der Waals surface area contributed by atoms with Gasteiger partial charge in [0.15, 0.2) is 11.3 Å². The molecule has 4 aromatic rings. The molecule has 30 heavy (non-hydrogen) atoms. The van der Waals surface area contributed by atoms with Crippen LogP contribution >= 0.6 is 23.2 Å². The quantitative estimate of drug-likeness (QED) is 0.392. The number of hydrogen-bond donors (Lipinski definition) is 0. The Balaban J connectivity index is 1.75. The Hall–Kier alpha value is -2.63. The van der Waals surface area contributed by atoms with Crippen LogP contribution in [0.4, 0.5) is 5.82 Å². The fraction of sp³-hybridized carbons (Fsp3) is 0.261. The highest BCUT2D eigenvalue weighted by Crippen LogP contribution is 2.36. The second-order valence-corrected chi connectivity index (χ2v) is 8.63. The van der Waals surface area contributed by atoms with Crippen LogP contribution in [-0.4, -0.2) is 32.8 Å². The predicted octanol–water partition coefficient (Wildman–Crippen LogP) is 6.03. The number of rotatable bonds is 3. The first kappa shape index (κ1) is 19.3. The zero-order valence-corrected chi connectivity index (χ0v) is 18.1. The number of anilines is 1. The lowest BCUT2D eigenvalue weighted by molar-refractivity contribution is 0.437. The number of fused-ring (bicyclic) bond motifs is 1. The van der Waals surface area contributed by atoms with Crippen molar-refractivity contribution < 1.29 is 0 Å². The SMILES string of the molecule is CC1CCN(c2ncnc3c(-c4ccc(Cl)cc4)n(-c4ccccc4Cl)nc23)CC1. The van der Waals surface area contributed by atoms with E-state index >= 15 is 0 Å². The summed E-state index contributed by atoms with van der Waals surface area (Å²) in [5.74, 6) is 1.62. The first-order valence-corrected chi connectivity index (χ1v) is 10.9. The van der Waals surface area contributed by atoms with Crippen molar-refractivity contribution in [1.29, 1.82) is 0 Å². The molecule has 152 valence electrons. The molecule has 0 spiro atoms. The summed E-state index contributed by atoms with van der Waals surface area (Å²) >= 11 is 12.7. The van der Waals surface area contributed by atoms with Crippen LogP contribution in [0.1, 0.15) is 19.8 Å². The number of halogens is 2. The molecule has 0 aliphatic carbocycles. The molecule has 1 saturated heterocycles. The average molecular weight is 438 g/mol. The lowest BCUT2D eigenvalue weighted by atomic mass is 9.99. The minimum Gasteiger partial charge on any atom is -0.355 e. The third-order valence-corrected chi connectivity index (χ3v) is 6.29. The Morgan fingerprint density at radius 1 is 0.900 bits per heavy atom. The summed E-state index contributed by atoms with van der Waals surface area (Å²) in [5.41, 5.74) is 4.25. The van der Waals surface area contributed by atoms with Gasteiger partial charge in [0.2, 0.25) is 0 Å². The highest BCUT2D eigenvalue weighted by molar-refractivity contribution is 6.32. The molecule has 2 aromatic heterocycles. The van der Waals surface area contributed by atoms with E-state index in [0.29, 0.717) is 10.0 Å². The molecule has 0 unspecified atom stereocenters. The summed E-state index contributed by atoms with van der Waals surface area (Å²) in [7, 11) is 0. The van der Waals surface area contributed by atoms with Crippen molar-refractivity contribution in [3.63, 3.8) is 0 Å². The van der Waals surface area contributed by atoms with Crippen LogP contribution in [0.2, 0.25) is 10.0 Å². The Bertz CT molecular complexity index is 1190. The first-order chi connectivity index (χ1) is 14.6. The topological polar surface area (TPSA) is 46.8 Å². The molecule has 7 heteroatoms. The molecule has 0 bridgehead atoms. The molecule has 1 aliphatic rings. The molecule has 5 nitrogen and oxygen atoms in total. The Morgan fingerprint density at radius 3 is 2.37 bits per heavy atom. The number of benzene rings is 2. The average Bonchev–Trinajstić information content (AvgIpc) is 3.15. The van der Waals surface area contributed by atoms with Crippen LogP contribution in [0.25, 0.3) is 28.0 Å². The Morgan fingerprint density at radius 2 is 1.63 bits per heavy atom. The zero-order chi connectivity index (χ0) is 20.7. The monoisotopic (exact) mass is 437 g/mol. The minimum absolute atomic E-state index is 0.627. The molecular formula is C23H21Cl2N5. The Labute approximate surface area is 185 Å². The van der Waals surface area contributed by atoms with Gasteiger partial charge in [-0.05, 0) is 43.0 Å². The lowest BCUT2D eigenvalue weighted by Gasteiger charge is -2.31. The molecule has 5 rings (SSSR count). The Kier molecular flexibility index (Phi) is 5.09. The van der Waals surface area contributed by atoms with Crippen LogP contribution in [0.5, 0.6) is 0 Å². The molecular weight excluding hydrogens is 417 g/mol. The number of aromatic nitrogens is 4. The van der Waals surface area contributed by atoms with Gasteiger partial charge in [-0.1, -0.05) is 54.4 Å². The molecule has 0 atom stereocenters. The van der Waals surface area contributed by atoms with Crippen molar-refractivity contribution in [2.75, 3.05) is 18.0 Å². The van der Waals surface area contributed by atoms with Gasteiger partial charge in [0, 0.05) is 23.7 Å². The van der Waals surface area contributed by atoms with Crippen LogP contribution in [0, 0.1) is 5.92 Å². The van der Waals surface area contributed by atoms with E-state index in [-0.39, 0.29) is 0 Å². The van der Waals surface area contributed by atoms with Crippen molar-refractivity contribution in [2.45, 2.75) is 19.8 Å². The van der Waals surface area contributed by atoms with Gasteiger partial charge >= 0.3 is 0 Å². The summed E-state index contributed by atoms with van der Waals surface area (Å²) in [5, 5.41) is 6.28. The van der Waals surface area contributed by atoms with E-state index in [9.17, 15) is 0 Å². The smallest absolute Gasteiger partial charge is 0.160 e. The van der Waals surface area contributed by atoms with E-state index in [1.807, 2.05) is 53.2 Å². The van der Waals surface area contributed by atoms with Crippen LogP contribution < -0.4 is 4.90 Å². The molecule has 1 fully saturated rings. The zero-order valence-electron chi connectivity index (χ0n) is 16.6. The van der Waals surface area contributed by atoms with Gasteiger partial charge in [-0.15, -0.1) is 0 Å². The summed E-state index contributed by atoms with van der Waals surface area (Å²) in [6, 6.07) is 15.4. The van der Waals surface area contributed by atoms with Gasteiger partial charge in [-0.3, -0.25) is 0 Å². The molecule has 0 saturated carbocycles. The van der Waals surface area contributed by atoms with E-state index in [1.54, 1.807) is 6.33 Å². The van der Waals surface area contributed by atoms with E-state index < -0.39 is 0 Å². The van der Waals surface area contributed by atoms with Crippen molar-refractivity contribution in [2.24, 2.45) is 5.92 Å². The van der Waals surface area contributed by atoms with Gasteiger partial charge in [0.05, 0.1) is 10.7 Å². The molecule has 1 aliphatic heterocycles. The van der Waals surface area contributed by atoms with Gasteiger partial charge in [0.1, 0.15) is 17.5 Å². The number of hydrogen-bond acceptors (Lipinski definition) is 4. The fourth-order valence-electron chi connectivity index (χ4n) is 4.00. The molecule has 3 heterocycles. The largest absolute Gasteiger partial charge is 0.355 e. The lowest BCUT2D eigenvalue weighted by Crippen LogP contribution is -2.33. The normalized spacial score (nSPS) is 15.1. The van der Waals surface area contributed by atoms with E-state index in [2.05, 4.69) is 21.8 Å². The third-order valence-electron chi connectivity index (χ3n) is 5.72. The van der Waals surface area contributed by atoms with Gasteiger partial charge < -0.3 is 4.90 Å². The number of piperidine rings is 1. The minimum atomic E-state index is 0.627. The highest BCUT2D eigenvalue weighted by atomic mass is 35.5. The van der Waals surface area contributed by atoms with Crippen LogP contribution in [0.15, 0.2) is 54.9 Å². The maximum Gasteiger partial charge on any atom is 0.160 e. The van der Waals surface area contributed by atoms with E-state index in [0.717, 1.165) is 65.6 Å². The van der Waals surface area contributed by atoms with E-state index in [1.165, 1.54) is 0 Å². The maximum atomic E-state index is 6.55.